The van der Waals surface area contributed by atoms with Gasteiger partial charge in [0.2, 0.25) is 0 Å². The highest BCUT2D eigenvalue weighted by atomic mass is 16.6. The van der Waals surface area contributed by atoms with E-state index in [1.54, 1.807) is 13.8 Å². The molecule has 0 bridgehead atoms. The Morgan fingerprint density at radius 1 is 1.09 bits per heavy atom. The van der Waals surface area contributed by atoms with Crippen LogP contribution >= 0.6 is 0 Å². The van der Waals surface area contributed by atoms with E-state index in [1.807, 2.05) is 54.6 Å². The summed E-state index contributed by atoms with van der Waals surface area (Å²) in [4.78, 5) is 11.5. The molecule has 22 heavy (non-hydrogen) atoms. The van der Waals surface area contributed by atoms with Crippen molar-refractivity contribution in [3.63, 3.8) is 0 Å². The molecular weight excluding hydrogens is 276 g/mol. The van der Waals surface area contributed by atoms with Crippen molar-refractivity contribution in [2.75, 3.05) is 6.61 Å². The van der Waals surface area contributed by atoms with Gasteiger partial charge in [0.15, 0.2) is 0 Å². The molecule has 0 heterocycles. The maximum absolute atomic E-state index is 11.5. The number of para-hydroxylation sites is 1. The highest BCUT2D eigenvalue weighted by Crippen LogP contribution is 2.29. The van der Waals surface area contributed by atoms with Gasteiger partial charge in [-0.3, -0.25) is 0 Å². The van der Waals surface area contributed by atoms with Crippen molar-refractivity contribution in [1.29, 1.82) is 0 Å². The molecule has 1 atom stereocenters. The van der Waals surface area contributed by atoms with Gasteiger partial charge < -0.3 is 9.47 Å². The Morgan fingerprint density at radius 3 is 2.41 bits per heavy atom. The maximum Gasteiger partial charge on any atom is 0.333 e. The van der Waals surface area contributed by atoms with Crippen molar-refractivity contribution in [3.05, 3.63) is 66.7 Å². The molecule has 0 saturated heterocycles. The van der Waals surface area contributed by atoms with Gasteiger partial charge in [0, 0.05) is 11.1 Å². The lowest BCUT2D eigenvalue weighted by molar-refractivity contribution is -0.144. The van der Waals surface area contributed by atoms with Crippen molar-refractivity contribution >= 4 is 5.97 Å². The number of rotatable bonds is 6. The Hall–Kier alpha value is -2.55. The van der Waals surface area contributed by atoms with Gasteiger partial charge in [-0.1, -0.05) is 55.1 Å². The lowest BCUT2D eigenvalue weighted by atomic mass is 10.1. The molecule has 1 unspecified atom stereocenters. The van der Waals surface area contributed by atoms with Gasteiger partial charge in [0.25, 0.3) is 0 Å². The fraction of sp³-hybridized carbons (Fsp3) is 0.211. The Balaban J connectivity index is 2.05. The molecule has 0 amide bonds. The highest BCUT2D eigenvalue weighted by molar-refractivity contribution is 5.87. The van der Waals surface area contributed by atoms with Crippen molar-refractivity contribution in [1.82, 2.24) is 0 Å². The van der Waals surface area contributed by atoms with Crippen LogP contribution in [0.1, 0.15) is 13.8 Å². The van der Waals surface area contributed by atoms with E-state index in [0.29, 0.717) is 12.2 Å². The summed E-state index contributed by atoms with van der Waals surface area (Å²) in [6, 6.07) is 17.8. The predicted molar refractivity (Wildman–Crippen MR) is 87.7 cm³/mol. The van der Waals surface area contributed by atoms with Gasteiger partial charge in [-0.15, -0.1) is 0 Å². The number of carbonyl (C=O) groups is 1. The molecular formula is C19H20O3. The number of hydrogen-bond donors (Lipinski definition) is 0. The van der Waals surface area contributed by atoms with Gasteiger partial charge in [-0.2, -0.15) is 0 Å². The van der Waals surface area contributed by atoms with Crippen LogP contribution in [0.3, 0.4) is 0 Å². The van der Waals surface area contributed by atoms with E-state index in [1.165, 1.54) is 0 Å². The minimum atomic E-state index is -0.396. The fourth-order valence-electron chi connectivity index (χ4n) is 1.97. The van der Waals surface area contributed by atoms with Gasteiger partial charge >= 0.3 is 5.97 Å². The van der Waals surface area contributed by atoms with Crippen LogP contribution in [-0.4, -0.2) is 18.7 Å². The Morgan fingerprint density at radius 2 is 1.73 bits per heavy atom. The number of esters is 1. The second kappa shape index (κ2) is 7.46. The zero-order valence-electron chi connectivity index (χ0n) is 12.9. The lowest BCUT2D eigenvalue weighted by Crippen LogP contribution is -2.22. The number of hydrogen-bond acceptors (Lipinski definition) is 3. The molecule has 2 rings (SSSR count). The molecule has 3 heteroatoms. The third-order valence-corrected chi connectivity index (χ3v) is 3.10. The molecule has 0 aliphatic heterocycles. The molecule has 114 valence electrons. The average molecular weight is 296 g/mol. The van der Waals surface area contributed by atoms with Crippen LogP contribution in [-0.2, 0) is 9.53 Å². The first kappa shape index (κ1) is 15.8. The fourth-order valence-corrected chi connectivity index (χ4v) is 1.97. The second-order valence-electron chi connectivity index (χ2n) is 5.17. The molecule has 0 aliphatic carbocycles. The van der Waals surface area contributed by atoms with E-state index in [9.17, 15) is 4.79 Å². The standard InChI is InChI=1S/C19H20O3/c1-14(2)19(20)22-15(3)13-21-18-12-8-7-11-17(18)16-9-5-4-6-10-16/h4-12,15H,1,13H2,2-3H3. The SMILES string of the molecule is C=C(C)C(=O)OC(C)COc1ccccc1-c1ccccc1. The third kappa shape index (κ3) is 4.22. The Labute approximate surface area is 131 Å². The molecule has 0 spiro atoms. The number of carbonyl (C=O) groups excluding carboxylic acids is 1. The Kier molecular flexibility index (Phi) is 5.37. The molecule has 2 aromatic rings. The van der Waals surface area contributed by atoms with Crippen molar-refractivity contribution in [2.24, 2.45) is 0 Å². The summed E-state index contributed by atoms with van der Waals surface area (Å²) in [5.74, 6) is 0.374. The van der Waals surface area contributed by atoms with Crippen LogP contribution < -0.4 is 4.74 Å². The molecule has 3 nitrogen and oxygen atoms in total. The first-order valence-corrected chi connectivity index (χ1v) is 7.21. The molecule has 0 aromatic heterocycles. The Bertz CT molecular complexity index is 647. The minimum Gasteiger partial charge on any atom is -0.489 e. The van der Waals surface area contributed by atoms with Crippen LogP contribution in [0.15, 0.2) is 66.7 Å². The molecule has 0 fully saturated rings. The largest absolute Gasteiger partial charge is 0.489 e. The van der Waals surface area contributed by atoms with Crippen molar-refractivity contribution < 1.29 is 14.3 Å². The molecule has 0 aliphatic rings. The van der Waals surface area contributed by atoms with E-state index in [-0.39, 0.29) is 6.10 Å². The smallest absolute Gasteiger partial charge is 0.333 e. The van der Waals surface area contributed by atoms with Crippen LogP contribution in [0.5, 0.6) is 5.75 Å². The zero-order chi connectivity index (χ0) is 15.9. The van der Waals surface area contributed by atoms with Crippen LogP contribution in [0.25, 0.3) is 11.1 Å². The average Bonchev–Trinajstić information content (AvgIpc) is 2.54. The molecule has 0 radical (unpaired) electrons. The monoisotopic (exact) mass is 296 g/mol. The summed E-state index contributed by atoms with van der Waals surface area (Å²) in [5.41, 5.74) is 2.49. The summed E-state index contributed by atoms with van der Waals surface area (Å²) in [6.07, 6.45) is -0.340. The van der Waals surface area contributed by atoms with Gasteiger partial charge in [0.05, 0.1) is 0 Å². The van der Waals surface area contributed by atoms with Crippen molar-refractivity contribution in [3.8, 4) is 16.9 Å². The van der Waals surface area contributed by atoms with E-state index in [4.69, 9.17) is 9.47 Å². The van der Waals surface area contributed by atoms with Gasteiger partial charge in [-0.05, 0) is 25.5 Å². The van der Waals surface area contributed by atoms with Crippen molar-refractivity contribution in [2.45, 2.75) is 20.0 Å². The highest BCUT2D eigenvalue weighted by Gasteiger charge is 2.12. The minimum absolute atomic E-state index is 0.295. The zero-order valence-corrected chi connectivity index (χ0v) is 12.9. The molecule has 2 aromatic carbocycles. The lowest BCUT2D eigenvalue weighted by Gasteiger charge is -2.16. The first-order chi connectivity index (χ1) is 10.6. The maximum atomic E-state index is 11.5. The van der Waals surface area contributed by atoms with E-state index in [0.717, 1.165) is 16.9 Å². The topological polar surface area (TPSA) is 35.5 Å². The number of benzene rings is 2. The summed E-state index contributed by atoms with van der Waals surface area (Å²) < 4.78 is 11.0. The summed E-state index contributed by atoms with van der Waals surface area (Å²) in [5, 5.41) is 0. The van der Waals surface area contributed by atoms with Crippen LogP contribution in [0.2, 0.25) is 0 Å². The van der Waals surface area contributed by atoms with E-state index < -0.39 is 5.97 Å². The van der Waals surface area contributed by atoms with Crippen LogP contribution in [0.4, 0.5) is 0 Å². The summed E-state index contributed by atoms with van der Waals surface area (Å²) in [6.45, 7) is 7.28. The molecule has 0 saturated carbocycles. The van der Waals surface area contributed by atoms with E-state index in [2.05, 4.69) is 6.58 Å². The normalized spacial score (nSPS) is 11.5. The quantitative estimate of drug-likeness (QED) is 0.591. The molecule has 0 N–H and O–H groups in total. The summed E-state index contributed by atoms with van der Waals surface area (Å²) >= 11 is 0. The summed E-state index contributed by atoms with van der Waals surface area (Å²) in [7, 11) is 0. The number of ether oxygens (including phenoxy) is 2. The van der Waals surface area contributed by atoms with E-state index >= 15 is 0 Å². The van der Waals surface area contributed by atoms with Crippen LogP contribution in [0, 0.1) is 0 Å². The van der Waals surface area contributed by atoms with Gasteiger partial charge in [0.1, 0.15) is 18.5 Å². The third-order valence-electron chi connectivity index (χ3n) is 3.10. The van der Waals surface area contributed by atoms with Gasteiger partial charge in [-0.25, -0.2) is 4.79 Å². The first-order valence-electron chi connectivity index (χ1n) is 7.21. The predicted octanol–water partition coefficient (Wildman–Crippen LogP) is 4.24. The second-order valence-corrected chi connectivity index (χ2v) is 5.17.